The van der Waals surface area contributed by atoms with Crippen LogP contribution in [0.4, 0.5) is 0 Å². The second kappa shape index (κ2) is 9.50. The average Bonchev–Trinajstić information content (AvgIpc) is 3.13. The summed E-state index contributed by atoms with van der Waals surface area (Å²) in [7, 11) is 0.110. The zero-order chi connectivity index (χ0) is 22.6. The van der Waals surface area contributed by atoms with Crippen LogP contribution in [0.25, 0.3) is 6.08 Å². The molecule has 2 heterocycles. The SMILES string of the molecule is COCC(COC)Oc1cc(Oc2ccc(S(C)(=O)=O)cn2)cc2c1BC(C(N)=O)=C2. The first-order valence-corrected chi connectivity index (χ1v) is 11.3. The van der Waals surface area contributed by atoms with E-state index in [0.29, 0.717) is 37.5 Å². The van der Waals surface area contributed by atoms with E-state index in [9.17, 15) is 13.2 Å². The van der Waals surface area contributed by atoms with Crippen LogP contribution in [0.3, 0.4) is 0 Å². The molecule has 0 spiro atoms. The minimum atomic E-state index is -3.36. The van der Waals surface area contributed by atoms with Gasteiger partial charge >= 0.3 is 0 Å². The molecule has 11 heteroatoms. The minimum Gasteiger partial charge on any atom is -0.486 e. The van der Waals surface area contributed by atoms with Crippen molar-refractivity contribution in [3.8, 4) is 17.4 Å². The molecule has 1 amide bonds. The first kappa shape index (κ1) is 22.8. The topological polar surface area (TPSA) is 127 Å². The molecule has 0 radical (unpaired) electrons. The summed E-state index contributed by atoms with van der Waals surface area (Å²) in [6.07, 6.45) is 3.65. The molecule has 1 aliphatic heterocycles. The van der Waals surface area contributed by atoms with Crippen LogP contribution < -0.4 is 20.7 Å². The summed E-state index contributed by atoms with van der Waals surface area (Å²) in [6.45, 7) is 0.608. The number of aromatic nitrogens is 1. The maximum Gasteiger partial charge on any atom is 0.235 e. The predicted octanol–water partition coefficient (Wildman–Crippen LogP) is 0.219. The number of methoxy groups -OCH3 is 2. The number of hydrogen-bond acceptors (Lipinski definition) is 8. The summed E-state index contributed by atoms with van der Waals surface area (Å²) < 4.78 is 45.5. The Morgan fingerprint density at radius 1 is 1.19 bits per heavy atom. The fourth-order valence-electron chi connectivity index (χ4n) is 3.14. The summed E-state index contributed by atoms with van der Waals surface area (Å²) in [4.78, 5) is 15.8. The van der Waals surface area contributed by atoms with Gasteiger partial charge in [0.2, 0.25) is 19.1 Å². The van der Waals surface area contributed by atoms with E-state index in [4.69, 9.17) is 24.7 Å². The molecule has 0 atom stereocenters. The van der Waals surface area contributed by atoms with E-state index in [-0.39, 0.29) is 16.9 Å². The fraction of sp³-hybridized carbons (Fsp3) is 0.300. The lowest BCUT2D eigenvalue weighted by Gasteiger charge is -2.20. The number of fused-ring (bicyclic) bond motifs is 1. The Hall–Kier alpha value is -2.89. The monoisotopic (exact) mass is 446 g/mol. The van der Waals surface area contributed by atoms with Crippen molar-refractivity contribution < 1.29 is 32.2 Å². The second-order valence-electron chi connectivity index (χ2n) is 7.06. The fourth-order valence-corrected chi connectivity index (χ4v) is 3.70. The third-order valence-corrected chi connectivity index (χ3v) is 5.69. The smallest absolute Gasteiger partial charge is 0.235 e. The molecule has 3 rings (SSSR count). The number of carbonyl (C=O) groups excluding carboxylic acids is 1. The summed E-state index contributed by atoms with van der Waals surface area (Å²) in [5, 5.41) is 0. The van der Waals surface area contributed by atoms with Crippen molar-refractivity contribution >= 4 is 34.6 Å². The Bertz CT molecular complexity index is 1100. The van der Waals surface area contributed by atoms with Gasteiger partial charge in [0.15, 0.2) is 9.84 Å². The molecule has 2 N–H and O–H groups in total. The zero-order valence-electron chi connectivity index (χ0n) is 17.5. The van der Waals surface area contributed by atoms with E-state index in [2.05, 4.69) is 4.98 Å². The number of hydrogen-bond donors (Lipinski definition) is 1. The molecule has 0 bridgehead atoms. The molecule has 1 aromatic heterocycles. The van der Waals surface area contributed by atoms with E-state index in [1.54, 1.807) is 32.4 Å². The van der Waals surface area contributed by atoms with Gasteiger partial charge in [-0.3, -0.25) is 4.79 Å². The number of sulfone groups is 1. The number of amides is 1. The summed E-state index contributed by atoms with van der Waals surface area (Å²) in [5.74, 6) is 0.615. The van der Waals surface area contributed by atoms with E-state index in [0.717, 1.165) is 17.3 Å². The highest BCUT2D eigenvalue weighted by Gasteiger charge is 2.25. The van der Waals surface area contributed by atoms with Gasteiger partial charge in [-0.2, -0.15) is 0 Å². The molecule has 0 saturated heterocycles. The van der Waals surface area contributed by atoms with E-state index >= 15 is 0 Å². The van der Waals surface area contributed by atoms with Crippen molar-refractivity contribution in [3.05, 3.63) is 41.5 Å². The van der Waals surface area contributed by atoms with Crippen LogP contribution in [0.2, 0.25) is 0 Å². The molecule has 164 valence electrons. The number of pyridine rings is 1. The van der Waals surface area contributed by atoms with Crippen LogP contribution >= 0.6 is 0 Å². The molecular formula is C20H23BN2O7S. The number of rotatable bonds is 10. The largest absolute Gasteiger partial charge is 0.486 e. The van der Waals surface area contributed by atoms with Gasteiger partial charge in [-0.05, 0) is 28.6 Å². The molecule has 1 aromatic carbocycles. The molecule has 0 fully saturated rings. The molecule has 31 heavy (non-hydrogen) atoms. The van der Waals surface area contributed by atoms with Crippen molar-refractivity contribution in [2.45, 2.75) is 11.0 Å². The van der Waals surface area contributed by atoms with Gasteiger partial charge in [0, 0.05) is 38.8 Å². The van der Waals surface area contributed by atoms with Gasteiger partial charge in [0.05, 0.1) is 18.1 Å². The minimum absolute atomic E-state index is 0.0915. The Kier molecular flexibility index (Phi) is 6.99. The summed E-state index contributed by atoms with van der Waals surface area (Å²) >= 11 is 0. The molecule has 9 nitrogen and oxygen atoms in total. The Labute approximate surface area is 181 Å². The first-order chi connectivity index (χ1) is 14.7. The third kappa shape index (κ3) is 5.63. The predicted molar refractivity (Wildman–Crippen MR) is 116 cm³/mol. The lowest BCUT2D eigenvalue weighted by atomic mass is 9.66. The first-order valence-electron chi connectivity index (χ1n) is 9.37. The van der Waals surface area contributed by atoms with Gasteiger partial charge < -0.3 is 24.7 Å². The molecule has 1 aliphatic rings. The Morgan fingerprint density at radius 2 is 1.90 bits per heavy atom. The van der Waals surface area contributed by atoms with Gasteiger partial charge in [0.25, 0.3) is 0 Å². The van der Waals surface area contributed by atoms with Crippen LogP contribution in [-0.4, -0.2) is 66.4 Å². The van der Waals surface area contributed by atoms with Crippen molar-refractivity contribution in [2.24, 2.45) is 5.73 Å². The summed E-state index contributed by atoms with van der Waals surface area (Å²) in [6, 6.07) is 6.31. The van der Waals surface area contributed by atoms with Gasteiger partial charge in [-0.25, -0.2) is 13.4 Å². The number of nitrogens with zero attached hydrogens (tertiary/aromatic N) is 1. The highest BCUT2D eigenvalue weighted by Crippen LogP contribution is 2.29. The number of nitrogens with two attached hydrogens (primary N) is 1. The number of primary amides is 1. The Morgan fingerprint density at radius 3 is 2.45 bits per heavy atom. The second-order valence-corrected chi connectivity index (χ2v) is 9.07. The molecule has 0 unspecified atom stereocenters. The maximum atomic E-state index is 11.7. The van der Waals surface area contributed by atoms with E-state index < -0.39 is 15.7 Å². The molecular weight excluding hydrogens is 423 g/mol. The van der Waals surface area contributed by atoms with Crippen molar-refractivity contribution in [2.75, 3.05) is 33.7 Å². The van der Waals surface area contributed by atoms with E-state index in [1.807, 2.05) is 0 Å². The zero-order valence-corrected chi connectivity index (χ0v) is 18.3. The van der Waals surface area contributed by atoms with Gasteiger partial charge in [-0.15, -0.1) is 0 Å². The number of carbonyl (C=O) groups is 1. The van der Waals surface area contributed by atoms with Crippen LogP contribution in [0.5, 0.6) is 17.4 Å². The Balaban J connectivity index is 1.93. The number of ether oxygens (including phenoxy) is 4. The highest BCUT2D eigenvalue weighted by atomic mass is 32.2. The van der Waals surface area contributed by atoms with Crippen LogP contribution in [0, 0.1) is 0 Å². The van der Waals surface area contributed by atoms with Gasteiger partial charge in [-0.1, -0.05) is 6.08 Å². The number of benzene rings is 1. The lowest BCUT2D eigenvalue weighted by Crippen LogP contribution is -2.31. The van der Waals surface area contributed by atoms with Crippen LogP contribution in [-0.2, 0) is 24.1 Å². The quantitative estimate of drug-likeness (QED) is 0.514. The van der Waals surface area contributed by atoms with Crippen molar-refractivity contribution in [1.29, 1.82) is 0 Å². The average molecular weight is 446 g/mol. The molecule has 0 aliphatic carbocycles. The van der Waals surface area contributed by atoms with Crippen molar-refractivity contribution in [3.63, 3.8) is 0 Å². The van der Waals surface area contributed by atoms with Crippen LogP contribution in [0.1, 0.15) is 5.56 Å². The standard InChI is InChI=1S/C20H23BN2O7S/c1-27-10-14(11-28-2)29-17-8-13(6-12-7-16(20(22)24)21-19(12)17)30-18-5-4-15(9-23-18)31(3,25)26/h4-9,14,21H,10-11H2,1-3H3,(H2,22,24). The normalized spacial score (nSPS) is 12.8. The third-order valence-electron chi connectivity index (χ3n) is 4.59. The van der Waals surface area contributed by atoms with E-state index in [1.165, 1.54) is 18.3 Å². The molecule has 2 aromatic rings. The highest BCUT2D eigenvalue weighted by molar-refractivity contribution is 7.90. The molecule has 0 saturated carbocycles. The maximum absolute atomic E-state index is 11.7. The van der Waals surface area contributed by atoms with Crippen LogP contribution in [0.15, 0.2) is 40.8 Å². The summed E-state index contributed by atoms with van der Waals surface area (Å²) in [5.41, 5.74) is 7.46. The van der Waals surface area contributed by atoms with Crippen molar-refractivity contribution in [1.82, 2.24) is 4.98 Å². The van der Waals surface area contributed by atoms with Gasteiger partial charge in [0.1, 0.15) is 17.6 Å². The lowest BCUT2D eigenvalue weighted by molar-refractivity contribution is -0.113.